The zero-order valence-electron chi connectivity index (χ0n) is 13.4. The second-order valence-electron chi connectivity index (χ2n) is 6.73. The Morgan fingerprint density at radius 1 is 1.40 bits per heavy atom. The molecular weight excluding hydrogens is 326 g/mol. The SMILES string of the molecule is O=C(O)[C@@H]1[C@H]2C(=O)N(C[C@@H](O)COc3ccccc3)C[C@]23C=C[C@H]1O3. The molecule has 2 fully saturated rings. The number of carbonyl (C=O) groups is 2. The number of fused-ring (bicyclic) bond motifs is 1. The average Bonchev–Trinajstić information content (AvgIpc) is 3.22. The number of aliphatic hydroxyl groups excluding tert-OH is 1. The molecule has 4 rings (SSSR count). The molecule has 1 aromatic carbocycles. The lowest BCUT2D eigenvalue weighted by Gasteiger charge is -2.23. The predicted molar refractivity (Wildman–Crippen MR) is 85.9 cm³/mol. The van der Waals surface area contributed by atoms with Crippen molar-refractivity contribution in [1.29, 1.82) is 0 Å². The summed E-state index contributed by atoms with van der Waals surface area (Å²) in [5, 5.41) is 19.6. The molecule has 7 nitrogen and oxygen atoms in total. The van der Waals surface area contributed by atoms with Gasteiger partial charge < -0.3 is 24.6 Å². The van der Waals surface area contributed by atoms with Crippen LogP contribution in [-0.2, 0) is 14.3 Å². The molecule has 3 aliphatic rings. The number of hydrogen-bond donors (Lipinski definition) is 2. The largest absolute Gasteiger partial charge is 0.491 e. The molecule has 0 saturated carbocycles. The third kappa shape index (κ3) is 2.60. The second kappa shape index (κ2) is 5.86. The van der Waals surface area contributed by atoms with E-state index in [2.05, 4.69) is 0 Å². The molecule has 0 radical (unpaired) electrons. The fraction of sp³-hybridized carbons (Fsp3) is 0.444. The average molecular weight is 345 g/mol. The van der Waals surface area contributed by atoms with Crippen LogP contribution in [0.15, 0.2) is 42.5 Å². The van der Waals surface area contributed by atoms with E-state index < -0.39 is 35.6 Å². The minimum absolute atomic E-state index is 0.0488. The maximum absolute atomic E-state index is 12.7. The van der Waals surface area contributed by atoms with Gasteiger partial charge in [0.1, 0.15) is 30.0 Å². The lowest BCUT2D eigenvalue weighted by Crippen LogP contribution is -2.40. The van der Waals surface area contributed by atoms with Gasteiger partial charge in [0, 0.05) is 0 Å². The normalized spacial score (nSPS) is 33.6. The number of para-hydroxylation sites is 1. The molecular formula is C18H19NO6. The number of β-amino-alcohol motifs (C(OH)–C–C–N with tert-alkyl or cyclic N) is 1. The molecule has 0 unspecified atom stereocenters. The number of aliphatic hydroxyl groups is 1. The number of hydrogen-bond acceptors (Lipinski definition) is 5. The first-order chi connectivity index (χ1) is 12.0. The lowest BCUT2D eigenvalue weighted by atomic mass is 9.77. The van der Waals surface area contributed by atoms with Crippen molar-refractivity contribution in [2.45, 2.75) is 17.8 Å². The van der Waals surface area contributed by atoms with E-state index in [4.69, 9.17) is 9.47 Å². The van der Waals surface area contributed by atoms with Crippen molar-refractivity contribution in [3.05, 3.63) is 42.5 Å². The predicted octanol–water partition coefficient (Wildman–Crippen LogP) is 0.293. The third-order valence-corrected chi connectivity index (χ3v) is 5.08. The van der Waals surface area contributed by atoms with Gasteiger partial charge in [0.2, 0.25) is 5.91 Å². The molecule has 2 saturated heterocycles. The summed E-state index contributed by atoms with van der Waals surface area (Å²) < 4.78 is 11.3. The fourth-order valence-electron chi connectivity index (χ4n) is 4.03. The highest BCUT2D eigenvalue weighted by atomic mass is 16.5. The van der Waals surface area contributed by atoms with Crippen molar-refractivity contribution in [1.82, 2.24) is 4.90 Å². The summed E-state index contributed by atoms with van der Waals surface area (Å²) in [5.74, 6) is -2.24. The quantitative estimate of drug-likeness (QED) is 0.720. The molecule has 1 spiro atoms. The minimum Gasteiger partial charge on any atom is -0.491 e. The molecule has 2 bridgehead atoms. The Hall–Kier alpha value is -2.38. The van der Waals surface area contributed by atoms with Gasteiger partial charge in [0.05, 0.1) is 25.1 Å². The fourth-order valence-corrected chi connectivity index (χ4v) is 4.03. The van der Waals surface area contributed by atoms with Crippen LogP contribution in [0.1, 0.15) is 0 Å². The minimum atomic E-state index is -1.02. The highest BCUT2D eigenvalue weighted by molar-refractivity contribution is 5.90. The van der Waals surface area contributed by atoms with Gasteiger partial charge in [-0.25, -0.2) is 0 Å². The summed E-state index contributed by atoms with van der Waals surface area (Å²) in [5.41, 5.74) is -0.870. The van der Waals surface area contributed by atoms with Crippen LogP contribution in [0.4, 0.5) is 0 Å². The van der Waals surface area contributed by atoms with Gasteiger partial charge in [-0.05, 0) is 12.1 Å². The zero-order valence-corrected chi connectivity index (χ0v) is 13.4. The molecule has 2 N–H and O–H groups in total. The lowest BCUT2D eigenvalue weighted by molar-refractivity contribution is -0.148. The molecule has 0 aliphatic carbocycles. The Morgan fingerprint density at radius 2 is 2.16 bits per heavy atom. The van der Waals surface area contributed by atoms with Crippen LogP contribution in [0.5, 0.6) is 5.75 Å². The molecule has 1 aromatic rings. The first-order valence-corrected chi connectivity index (χ1v) is 8.25. The Morgan fingerprint density at radius 3 is 2.88 bits per heavy atom. The van der Waals surface area contributed by atoms with Crippen molar-refractivity contribution < 1.29 is 29.3 Å². The van der Waals surface area contributed by atoms with Crippen LogP contribution in [0.25, 0.3) is 0 Å². The van der Waals surface area contributed by atoms with E-state index in [-0.39, 0.29) is 25.6 Å². The maximum Gasteiger partial charge on any atom is 0.310 e. The van der Waals surface area contributed by atoms with Gasteiger partial charge in [0.25, 0.3) is 0 Å². The smallest absolute Gasteiger partial charge is 0.310 e. The van der Waals surface area contributed by atoms with E-state index in [1.54, 1.807) is 24.3 Å². The van der Waals surface area contributed by atoms with Crippen LogP contribution in [0.3, 0.4) is 0 Å². The Bertz CT molecular complexity index is 720. The van der Waals surface area contributed by atoms with Crippen LogP contribution < -0.4 is 4.74 Å². The van der Waals surface area contributed by atoms with E-state index in [0.717, 1.165) is 0 Å². The van der Waals surface area contributed by atoms with Crippen molar-refractivity contribution in [3.8, 4) is 5.75 Å². The monoisotopic (exact) mass is 345 g/mol. The first kappa shape index (κ1) is 16.1. The van der Waals surface area contributed by atoms with Gasteiger partial charge in [-0.2, -0.15) is 0 Å². The molecule has 1 amide bonds. The summed E-state index contributed by atoms with van der Waals surface area (Å²) in [6, 6.07) is 9.10. The number of carboxylic acids is 1. The standard InChI is InChI=1S/C18H19NO6/c20-11(9-24-12-4-2-1-3-5-12)8-19-10-18-7-6-13(25-18)14(17(22)23)15(18)16(19)21/h1-7,11,13-15,20H,8-10H2,(H,22,23)/t11-,13-,14+,15+,18-/m1/s1. The number of nitrogens with zero attached hydrogens (tertiary/aromatic N) is 1. The Kier molecular flexibility index (Phi) is 3.77. The molecule has 132 valence electrons. The number of aliphatic carboxylic acids is 1. The van der Waals surface area contributed by atoms with E-state index in [1.807, 2.05) is 18.2 Å². The topological polar surface area (TPSA) is 96.3 Å². The van der Waals surface area contributed by atoms with Gasteiger partial charge in [-0.3, -0.25) is 9.59 Å². The summed E-state index contributed by atoms with van der Waals surface area (Å²) in [7, 11) is 0. The highest BCUT2D eigenvalue weighted by Gasteiger charge is 2.67. The number of rotatable bonds is 6. The van der Waals surface area contributed by atoms with Gasteiger partial charge in [-0.15, -0.1) is 0 Å². The first-order valence-electron chi connectivity index (χ1n) is 8.25. The van der Waals surface area contributed by atoms with Gasteiger partial charge in [0.15, 0.2) is 0 Å². The number of amides is 1. The highest BCUT2D eigenvalue weighted by Crippen LogP contribution is 2.51. The van der Waals surface area contributed by atoms with Gasteiger partial charge in [-0.1, -0.05) is 30.4 Å². The Labute approximate surface area is 144 Å². The maximum atomic E-state index is 12.7. The molecule has 25 heavy (non-hydrogen) atoms. The van der Waals surface area contributed by atoms with E-state index in [9.17, 15) is 19.8 Å². The number of benzene rings is 1. The third-order valence-electron chi connectivity index (χ3n) is 5.08. The summed E-state index contributed by atoms with van der Waals surface area (Å²) in [4.78, 5) is 25.7. The number of likely N-dealkylation sites (tertiary alicyclic amines) is 1. The summed E-state index contributed by atoms with van der Waals surface area (Å²) in [6.45, 7) is 0.390. The van der Waals surface area contributed by atoms with Crippen LogP contribution in [0.2, 0.25) is 0 Å². The molecule has 0 aromatic heterocycles. The van der Waals surface area contributed by atoms with Crippen molar-refractivity contribution >= 4 is 11.9 Å². The van der Waals surface area contributed by atoms with E-state index in [1.165, 1.54) is 4.90 Å². The Balaban J connectivity index is 1.40. The second-order valence-corrected chi connectivity index (χ2v) is 6.73. The zero-order chi connectivity index (χ0) is 17.6. The summed E-state index contributed by atoms with van der Waals surface area (Å²) >= 11 is 0. The van der Waals surface area contributed by atoms with Gasteiger partial charge >= 0.3 is 5.97 Å². The van der Waals surface area contributed by atoms with E-state index in [0.29, 0.717) is 5.75 Å². The molecule has 5 atom stereocenters. The number of carboxylic acid groups (broad SMARTS) is 1. The van der Waals surface area contributed by atoms with E-state index >= 15 is 0 Å². The van der Waals surface area contributed by atoms with Crippen molar-refractivity contribution in [2.24, 2.45) is 11.8 Å². The molecule has 3 heterocycles. The number of ether oxygens (including phenoxy) is 2. The van der Waals surface area contributed by atoms with Crippen molar-refractivity contribution in [3.63, 3.8) is 0 Å². The summed E-state index contributed by atoms with van der Waals surface area (Å²) in [6.07, 6.45) is 2.11. The van der Waals surface area contributed by atoms with Crippen LogP contribution >= 0.6 is 0 Å². The molecule has 3 aliphatic heterocycles. The molecule has 7 heteroatoms. The van der Waals surface area contributed by atoms with Crippen LogP contribution in [-0.4, -0.2) is 64.5 Å². The van der Waals surface area contributed by atoms with Crippen LogP contribution in [0, 0.1) is 11.8 Å². The number of carbonyl (C=O) groups excluding carboxylic acids is 1. The van der Waals surface area contributed by atoms with Crippen molar-refractivity contribution in [2.75, 3.05) is 19.7 Å².